The summed E-state index contributed by atoms with van der Waals surface area (Å²) in [5.74, 6) is 0.278. The number of carbonyl (C=O) groups excluding carboxylic acids is 1. The number of likely N-dealkylation sites (tertiary alicyclic amines) is 1. The maximum Gasteiger partial charge on any atom is 0.222 e. The van der Waals surface area contributed by atoms with Crippen LogP contribution in [-0.4, -0.2) is 72.2 Å². The van der Waals surface area contributed by atoms with E-state index in [2.05, 4.69) is 53.9 Å². The summed E-state index contributed by atoms with van der Waals surface area (Å²) in [6, 6.07) is 8.86. The molecule has 142 valence electrons. The zero-order valence-corrected chi connectivity index (χ0v) is 16.9. The Morgan fingerprint density at radius 3 is 2.88 bits per heavy atom. The van der Waals surface area contributed by atoms with Crippen molar-refractivity contribution in [1.82, 2.24) is 14.7 Å². The van der Waals surface area contributed by atoms with Crippen LogP contribution < -0.4 is 0 Å². The van der Waals surface area contributed by atoms with Crippen molar-refractivity contribution in [3.05, 3.63) is 42.5 Å². The number of benzene rings is 1. The van der Waals surface area contributed by atoms with Crippen molar-refractivity contribution < 1.29 is 4.79 Å². The van der Waals surface area contributed by atoms with Gasteiger partial charge < -0.3 is 4.90 Å². The minimum Gasteiger partial charge on any atom is -0.339 e. The molecule has 4 nitrogen and oxygen atoms in total. The number of carbonyl (C=O) groups is 1. The number of rotatable bonds is 5. The van der Waals surface area contributed by atoms with Crippen LogP contribution in [0.15, 0.2) is 41.8 Å². The normalized spacial score (nSPS) is 25.5. The molecule has 2 saturated heterocycles. The Bertz CT molecular complexity index is 650. The topological polar surface area (TPSA) is 26.8 Å². The molecule has 1 spiro atoms. The molecule has 3 rings (SSSR count). The molecule has 0 aliphatic carbocycles. The Morgan fingerprint density at radius 1 is 1.27 bits per heavy atom. The van der Waals surface area contributed by atoms with Gasteiger partial charge in [0, 0.05) is 56.1 Å². The SMILES string of the molecule is C=CCN1CC[C@@]2(CCC1=O)CN(Cc1cccc(SC)c1)CCN2C. The summed E-state index contributed by atoms with van der Waals surface area (Å²) in [5.41, 5.74) is 1.50. The summed E-state index contributed by atoms with van der Waals surface area (Å²) in [6.07, 6.45) is 6.61. The van der Waals surface area contributed by atoms with Gasteiger partial charge in [-0.15, -0.1) is 18.3 Å². The second-order valence-electron chi connectivity index (χ2n) is 7.59. The summed E-state index contributed by atoms with van der Waals surface area (Å²) >= 11 is 1.80. The van der Waals surface area contributed by atoms with E-state index in [1.54, 1.807) is 11.8 Å². The predicted octanol–water partition coefficient (Wildman–Crippen LogP) is 3.09. The molecular weight excluding hydrogens is 342 g/mol. The third-order valence-electron chi connectivity index (χ3n) is 5.97. The minimum absolute atomic E-state index is 0.112. The highest BCUT2D eigenvalue weighted by atomic mass is 32.2. The first-order chi connectivity index (χ1) is 12.6. The lowest BCUT2D eigenvalue weighted by Gasteiger charge is -2.49. The van der Waals surface area contributed by atoms with Gasteiger partial charge in [-0.3, -0.25) is 14.6 Å². The van der Waals surface area contributed by atoms with Crippen LogP contribution in [0.1, 0.15) is 24.8 Å². The maximum absolute atomic E-state index is 12.4. The Balaban J connectivity index is 1.71. The molecular formula is C21H31N3OS. The van der Waals surface area contributed by atoms with Crippen LogP contribution in [0, 0.1) is 0 Å². The van der Waals surface area contributed by atoms with E-state index in [0.29, 0.717) is 13.0 Å². The van der Waals surface area contributed by atoms with Crippen molar-refractivity contribution in [3.8, 4) is 0 Å². The summed E-state index contributed by atoms with van der Waals surface area (Å²) in [4.78, 5) is 20.8. The third kappa shape index (κ3) is 4.33. The van der Waals surface area contributed by atoms with Crippen LogP contribution in [0.4, 0.5) is 0 Å². The first-order valence-electron chi connectivity index (χ1n) is 9.51. The van der Waals surface area contributed by atoms with Crippen LogP contribution in [-0.2, 0) is 11.3 Å². The van der Waals surface area contributed by atoms with E-state index in [9.17, 15) is 4.79 Å². The second-order valence-corrected chi connectivity index (χ2v) is 8.47. The summed E-state index contributed by atoms with van der Waals surface area (Å²) in [5, 5.41) is 0. The zero-order valence-electron chi connectivity index (χ0n) is 16.1. The fraction of sp³-hybridized carbons (Fsp3) is 0.571. The number of nitrogens with zero attached hydrogens (tertiary/aromatic N) is 3. The lowest BCUT2D eigenvalue weighted by Crippen LogP contribution is -2.60. The van der Waals surface area contributed by atoms with Crippen molar-refractivity contribution >= 4 is 17.7 Å². The van der Waals surface area contributed by atoms with E-state index in [0.717, 1.165) is 45.6 Å². The Hall–Kier alpha value is -1.30. The lowest BCUT2D eigenvalue weighted by atomic mass is 9.86. The fourth-order valence-corrected chi connectivity index (χ4v) is 4.77. The number of likely N-dealkylation sites (N-methyl/N-ethyl adjacent to an activating group) is 1. The predicted molar refractivity (Wildman–Crippen MR) is 109 cm³/mol. The van der Waals surface area contributed by atoms with Gasteiger partial charge in [-0.1, -0.05) is 18.2 Å². The Kier molecular flexibility index (Phi) is 6.43. The molecule has 1 amide bonds. The number of thioether (sulfide) groups is 1. The monoisotopic (exact) mass is 373 g/mol. The molecule has 0 unspecified atom stereocenters. The summed E-state index contributed by atoms with van der Waals surface area (Å²) in [6.45, 7) is 9.50. The highest BCUT2D eigenvalue weighted by Crippen LogP contribution is 2.32. The fourth-order valence-electron chi connectivity index (χ4n) is 4.29. The van der Waals surface area contributed by atoms with Crippen LogP contribution in [0.5, 0.6) is 0 Å². The van der Waals surface area contributed by atoms with Crippen LogP contribution in [0.2, 0.25) is 0 Å². The standard InChI is InChI=1S/C21H31N3OS/c1-4-11-24-12-10-21(9-8-20(24)25)17-23(14-13-22(21)2)16-18-6-5-7-19(15-18)26-3/h4-7,15H,1,8-14,16-17H2,2-3H3/t21-/m0/s1. The van der Waals surface area contributed by atoms with E-state index in [1.165, 1.54) is 10.5 Å². The molecule has 2 fully saturated rings. The first-order valence-corrected chi connectivity index (χ1v) is 10.7. The van der Waals surface area contributed by atoms with E-state index < -0.39 is 0 Å². The molecule has 0 aromatic heterocycles. The van der Waals surface area contributed by atoms with E-state index in [1.807, 2.05) is 11.0 Å². The second kappa shape index (κ2) is 8.59. The van der Waals surface area contributed by atoms with Gasteiger partial charge >= 0.3 is 0 Å². The molecule has 0 bridgehead atoms. The van der Waals surface area contributed by atoms with Crippen LogP contribution in [0.25, 0.3) is 0 Å². The summed E-state index contributed by atoms with van der Waals surface area (Å²) < 4.78 is 0. The van der Waals surface area contributed by atoms with E-state index in [4.69, 9.17) is 0 Å². The molecule has 1 aromatic rings. The third-order valence-corrected chi connectivity index (χ3v) is 6.70. The van der Waals surface area contributed by atoms with E-state index in [-0.39, 0.29) is 11.4 Å². The van der Waals surface area contributed by atoms with Crippen molar-refractivity contribution in [2.75, 3.05) is 46.0 Å². The van der Waals surface area contributed by atoms with Crippen LogP contribution >= 0.6 is 11.8 Å². The largest absolute Gasteiger partial charge is 0.339 e. The van der Waals surface area contributed by atoms with Gasteiger partial charge in [0.2, 0.25) is 5.91 Å². The van der Waals surface area contributed by atoms with Crippen molar-refractivity contribution in [2.45, 2.75) is 36.2 Å². The van der Waals surface area contributed by atoms with Gasteiger partial charge in [0.1, 0.15) is 0 Å². The molecule has 2 heterocycles. The number of piperazine rings is 1. The molecule has 0 N–H and O–H groups in total. The molecule has 5 heteroatoms. The highest BCUT2D eigenvalue weighted by Gasteiger charge is 2.41. The molecule has 26 heavy (non-hydrogen) atoms. The van der Waals surface area contributed by atoms with Gasteiger partial charge in [0.05, 0.1) is 0 Å². The lowest BCUT2D eigenvalue weighted by molar-refractivity contribution is -0.130. The van der Waals surface area contributed by atoms with Crippen molar-refractivity contribution in [3.63, 3.8) is 0 Å². The average Bonchev–Trinajstić information content (AvgIpc) is 2.80. The number of amides is 1. The van der Waals surface area contributed by atoms with Gasteiger partial charge in [-0.05, 0) is 43.8 Å². The Morgan fingerprint density at radius 2 is 2.12 bits per heavy atom. The van der Waals surface area contributed by atoms with E-state index >= 15 is 0 Å². The quantitative estimate of drug-likeness (QED) is 0.585. The molecule has 1 atom stereocenters. The zero-order chi connectivity index (χ0) is 18.6. The van der Waals surface area contributed by atoms with Crippen LogP contribution in [0.3, 0.4) is 0 Å². The number of hydrogen-bond acceptors (Lipinski definition) is 4. The average molecular weight is 374 g/mol. The summed E-state index contributed by atoms with van der Waals surface area (Å²) in [7, 11) is 2.24. The van der Waals surface area contributed by atoms with Crippen molar-refractivity contribution in [1.29, 1.82) is 0 Å². The Labute approximate surface area is 162 Å². The smallest absolute Gasteiger partial charge is 0.222 e. The van der Waals surface area contributed by atoms with Crippen molar-refractivity contribution in [2.24, 2.45) is 0 Å². The first kappa shape index (κ1) is 19.5. The molecule has 2 aliphatic heterocycles. The number of hydrogen-bond donors (Lipinski definition) is 0. The van der Waals surface area contributed by atoms with Gasteiger partial charge in [-0.25, -0.2) is 0 Å². The molecule has 0 saturated carbocycles. The molecule has 2 aliphatic rings. The highest BCUT2D eigenvalue weighted by molar-refractivity contribution is 7.98. The van der Waals surface area contributed by atoms with Gasteiger partial charge in [-0.2, -0.15) is 0 Å². The maximum atomic E-state index is 12.4. The van der Waals surface area contributed by atoms with Gasteiger partial charge in [0.15, 0.2) is 0 Å². The molecule has 1 aromatic carbocycles. The van der Waals surface area contributed by atoms with Gasteiger partial charge in [0.25, 0.3) is 0 Å². The molecule has 0 radical (unpaired) electrons. The minimum atomic E-state index is 0.112.